The van der Waals surface area contributed by atoms with Gasteiger partial charge < -0.3 is 14.9 Å². The van der Waals surface area contributed by atoms with Gasteiger partial charge in [0.1, 0.15) is 22.9 Å². The van der Waals surface area contributed by atoms with Crippen LogP contribution < -0.4 is 14.8 Å². The van der Waals surface area contributed by atoms with E-state index in [4.69, 9.17) is 11.6 Å². The second-order valence-corrected chi connectivity index (χ2v) is 7.40. The molecule has 0 spiro atoms. The molecule has 1 aliphatic rings. The Kier molecular flexibility index (Phi) is 4.76. The van der Waals surface area contributed by atoms with Crippen LogP contribution in [0.4, 0.5) is 0 Å². The number of piperidine rings is 1. The lowest BCUT2D eigenvalue weighted by atomic mass is 10.0. The lowest BCUT2D eigenvalue weighted by Crippen LogP contribution is -3.17. The normalized spacial score (nSPS) is 23.1. The highest BCUT2D eigenvalue weighted by Gasteiger charge is 2.29. The minimum Gasteiger partial charge on any atom is -0.506 e. The van der Waals surface area contributed by atoms with Crippen molar-refractivity contribution in [2.24, 2.45) is 0 Å². The fourth-order valence-corrected chi connectivity index (χ4v) is 3.92. The number of para-hydroxylation sites is 1. The number of quaternary nitrogens is 2. The quantitative estimate of drug-likeness (QED) is 0.726. The van der Waals surface area contributed by atoms with Gasteiger partial charge in [0.15, 0.2) is 5.69 Å². The second-order valence-electron chi connectivity index (χ2n) is 6.99. The molecule has 4 nitrogen and oxygen atoms in total. The van der Waals surface area contributed by atoms with Crippen molar-refractivity contribution in [1.82, 2.24) is 0 Å². The minimum atomic E-state index is 0.372. The van der Waals surface area contributed by atoms with E-state index in [1.165, 1.54) is 30.8 Å². The Bertz CT molecular complexity index is 711. The number of likely N-dealkylation sites (tertiary alicyclic amines) is 1. The summed E-state index contributed by atoms with van der Waals surface area (Å²) < 4.78 is 0. The molecule has 0 radical (unpaired) electrons. The van der Waals surface area contributed by atoms with Crippen molar-refractivity contribution in [3.63, 3.8) is 0 Å². The fourth-order valence-electron chi connectivity index (χ4n) is 3.69. The first-order chi connectivity index (χ1) is 11.0. The van der Waals surface area contributed by atoms with Gasteiger partial charge in [-0.05, 0) is 12.1 Å². The van der Waals surface area contributed by atoms with Crippen molar-refractivity contribution >= 4 is 22.5 Å². The monoisotopic (exact) mass is 336 g/mol. The Balaban J connectivity index is 1.88. The topological polar surface area (TPSA) is 43.2 Å². The van der Waals surface area contributed by atoms with Crippen molar-refractivity contribution in [3.8, 4) is 5.75 Å². The summed E-state index contributed by atoms with van der Waals surface area (Å²) in [5, 5.41) is 12.2. The maximum atomic E-state index is 10.7. The van der Waals surface area contributed by atoms with E-state index in [1.54, 1.807) is 4.90 Å². The number of H-pyrrole nitrogens is 1. The second kappa shape index (κ2) is 6.63. The maximum absolute atomic E-state index is 10.7. The summed E-state index contributed by atoms with van der Waals surface area (Å²) >= 11 is 6.24. The van der Waals surface area contributed by atoms with Crippen LogP contribution in [0.15, 0.2) is 18.2 Å². The third-order valence-electron chi connectivity index (χ3n) is 5.31. The average Bonchev–Trinajstić information content (AvgIpc) is 2.53. The maximum Gasteiger partial charge on any atom is 0.233 e. The number of halogens is 1. The largest absolute Gasteiger partial charge is 0.506 e. The Morgan fingerprint density at radius 3 is 2.74 bits per heavy atom. The molecule has 5 heteroatoms. The van der Waals surface area contributed by atoms with Gasteiger partial charge in [-0.3, -0.25) is 0 Å². The number of benzene rings is 1. The van der Waals surface area contributed by atoms with E-state index in [2.05, 4.69) is 19.1 Å². The number of aryl methyl sites for hydroxylation is 1. The summed E-state index contributed by atoms with van der Waals surface area (Å²) in [6.07, 6.45) is 2.50. The molecule has 0 aliphatic carbocycles. The first kappa shape index (κ1) is 16.5. The van der Waals surface area contributed by atoms with Gasteiger partial charge in [0, 0.05) is 19.8 Å². The van der Waals surface area contributed by atoms with Crippen molar-refractivity contribution in [2.45, 2.75) is 32.4 Å². The van der Waals surface area contributed by atoms with Crippen LogP contribution in [0.5, 0.6) is 5.75 Å². The van der Waals surface area contributed by atoms with Crippen molar-refractivity contribution in [2.75, 3.05) is 27.2 Å². The van der Waals surface area contributed by atoms with Gasteiger partial charge in [-0.25, -0.2) is 4.98 Å². The molecule has 1 aliphatic heterocycles. The summed E-state index contributed by atoms with van der Waals surface area (Å²) in [5.74, 6) is 0.372. The molecular formula is C18H27ClN3O+3. The van der Waals surface area contributed by atoms with Gasteiger partial charge in [-0.1, -0.05) is 17.7 Å². The average molecular weight is 337 g/mol. The van der Waals surface area contributed by atoms with E-state index in [1.807, 2.05) is 25.1 Å². The molecule has 4 N–H and O–H groups in total. The molecule has 3 rings (SSSR count). The third-order valence-corrected chi connectivity index (χ3v) is 5.63. The highest BCUT2D eigenvalue weighted by Crippen LogP contribution is 2.30. The number of hydrogen-bond donors (Lipinski definition) is 3. The summed E-state index contributed by atoms with van der Waals surface area (Å²) in [6, 6.07) is 6.32. The van der Waals surface area contributed by atoms with Gasteiger partial charge in [0.25, 0.3) is 0 Å². The Morgan fingerprint density at radius 2 is 2.04 bits per heavy atom. The molecule has 124 valence electrons. The van der Waals surface area contributed by atoms with E-state index in [9.17, 15) is 5.11 Å². The number of aromatic amines is 1. The molecule has 1 saturated heterocycles. The summed E-state index contributed by atoms with van der Waals surface area (Å²) in [6.45, 7) is 5.34. The highest BCUT2D eigenvalue weighted by atomic mass is 35.5. The molecule has 0 saturated carbocycles. The minimum absolute atomic E-state index is 0.372. The molecular weight excluding hydrogens is 310 g/mol. The Hall–Kier alpha value is -1.36. The zero-order chi connectivity index (χ0) is 16.6. The van der Waals surface area contributed by atoms with Gasteiger partial charge in [0.2, 0.25) is 5.52 Å². The van der Waals surface area contributed by atoms with E-state index < -0.39 is 0 Å². The first-order valence-electron chi connectivity index (χ1n) is 8.43. The molecule has 1 aromatic heterocycles. The van der Waals surface area contributed by atoms with Crippen LogP contribution >= 0.6 is 11.6 Å². The molecule has 1 fully saturated rings. The van der Waals surface area contributed by atoms with Crippen LogP contribution in [-0.2, 0) is 6.54 Å². The lowest BCUT2D eigenvalue weighted by Gasteiger charge is -2.30. The van der Waals surface area contributed by atoms with E-state index in [-0.39, 0.29) is 0 Å². The smallest absolute Gasteiger partial charge is 0.233 e. The highest BCUT2D eigenvalue weighted by molar-refractivity contribution is 6.34. The SMILES string of the molecule is Cc1[nH+]c2c(Cl)cccc2c(O)c1C[NH+](C)C1CC[NH+](C)CC1. The number of fused-ring (bicyclic) bond motifs is 1. The molecule has 2 heterocycles. The van der Waals surface area contributed by atoms with Crippen molar-refractivity contribution < 1.29 is 19.9 Å². The van der Waals surface area contributed by atoms with Crippen LogP contribution in [-0.4, -0.2) is 38.3 Å². The number of nitrogens with one attached hydrogen (secondary N) is 3. The summed E-state index contributed by atoms with van der Waals surface area (Å²) in [5.41, 5.74) is 2.82. The predicted molar refractivity (Wildman–Crippen MR) is 92.1 cm³/mol. The molecule has 23 heavy (non-hydrogen) atoms. The van der Waals surface area contributed by atoms with E-state index in [0.29, 0.717) is 16.8 Å². The van der Waals surface area contributed by atoms with Gasteiger partial charge >= 0.3 is 0 Å². The van der Waals surface area contributed by atoms with Crippen LogP contribution in [0, 0.1) is 6.92 Å². The fraction of sp³-hybridized carbons (Fsp3) is 0.500. The zero-order valence-corrected chi connectivity index (χ0v) is 14.9. The number of aromatic hydroxyl groups is 1. The molecule has 1 unspecified atom stereocenters. The third kappa shape index (κ3) is 3.30. The lowest BCUT2D eigenvalue weighted by molar-refractivity contribution is -0.948. The Morgan fingerprint density at radius 1 is 1.35 bits per heavy atom. The van der Waals surface area contributed by atoms with Crippen molar-refractivity contribution in [1.29, 1.82) is 0 Å². The molecule has 0 amide bonds. The van der Waals surface area contributed by atoms with Crippen LogP contribution in [0.2, 0.25) is 5.02 Å². The molecule has 1 aromatic carbocycles. The Labute approximate surface area is 142 Å². The van der Waals surface area contributed by atoms with Gasteiger partial charge in [-0.15, -0.1) is 0 Å². The number of aromatic nitrogens is 1. The van der Waals surface area contributed by atoms with Crippen molar-refractivity contribution in [3.05, 3.63) is 34.5 Å². The summed E-state index contributed by atoms with van der Waals surface area (Å²) in [7, 11) is 4.51. The van der Waals surface area contributed by atoms with Crippen LogP contribution in [0.25, 0.3) is 10.9 Å². The molecule has 2 aromatic rings. The van der Waals surface area contributed by atoms with Crippen LogP contribution in [0.1, 0.15) is 24.1 Å². The zero-order valence-electron chi connectivity index (χ0n) is 14.2. The van der Waals surface area contributed by atoms with Gasteiger partial charge in [0.05, 0.1) is 38.6 Å². The predicted octanol–water partition coefficient (Wildman–Crippen LogP) is 0.0131. The van der Waals surface area contributed by atoms with E-state index >= 15 is 0 Å². The number of rotatable bonds is 3. The molecule has 0 bridgehead atoms. The number of hydrogen-bond acceptors (Lipinski definition) is 1. The van der Waals surface area contributed by atoms with E-state index in [0.717, 1.165) is 28.7 Å². The first-order valence-corrected chi connectivity index (χ1v) is 8.80. The summed E-state index contributed by atoms with van der Waals surface area (Å²) in [4.78, 5) is 6.48. The van der Waals surface area contributed by atoms with Crippen LogP contribution in [0.3, 0.4) is 0 Å². The standard InChI is InChI=1S/C18H24ClN3O/c1-12-15(11-22(3)13-7-9-21(2)10-8-13)18(23)14-5-4-6-16(19)17(14)20-12/h4-6,13H,7-11H2,1-3H3,(H,20,23)/p+3. The van der Waals surface area contributed by atoms with Gasteiger partial charge in [-0.2, -0.15) is 0 Å². The molecule has 1 atom stereocenters. The number of pyridine rings is 1.